The van der Waals surface area contributed by atoms with E-state index >= 15 is 0 Å². The first-order valence-corrected chi connectivity index (χ1v) is 10.00. The Labute approximate surface area is 174 Å². The number of piperidine rings is 1. The van der Waals surface area contributed by atoms with E-state index in [4.69, 9.17) is 4.98 Å². The van der Waals surface area contributed by atoms with Crippen molar-refractivity contribution in [3.63, 3.8) is 0 Å². The summed E-state index contributed by atoms with van der Waals surface area (Å²) >= 11 is 0. The van der Waals surface area contributed by atoms with Crippen LogP contribution in [-0.4, -0.2) is 35.1 Å². The SMILES string of the molecule is N#Cc1cccc(-c2ccc3c(n2)N(C(=O)Nc2cccnc2)[C@H]2CCCN3C2)c1. The Balaban J connectivity index is 1.56. The highest BCUT2D eigenvalue weighted by atomic mass is 16.2. The number of urea groups is 1. The largest absolute Gasteiger partial charge is 0.366 e. The lowest BCUT2D eigenvalue weighted by molar-refractivity contribution is 0.252. The molecular formula is C23H20N6O. The van der Waals surface area contributed by atoms with Crippen LogP contribution in [-0.2, 0) is 0 Å². The Kier molecular flexibility index (Phi) is 4.52. The first-order valence-electron chi connectivity index (χ1n) is 10.00. The van der Waals surface area contributed by atoms with Crippen LogP contribution in [0, 0.1) is 11.3 Å². The summed E-state index contributed by atoms with van der Waals surface area (Å²) in [6.07, 6.45) is 5.28. The van der Waals surface area contributed by atoms with Gasteiger partial charge in [-0.2, -0.15) is 5.26 Å². The average Bonchev–Trinajstić information content (AvgIpc) is 2.80. The van der Waals surface area contributed by atoms with Gasteiger partial charge < -0.3 is 10.2 Å². The van der Waals surface area contributed by atoms with Crippen LogP contribution in [0.25, 0.3) is 11.3 Å². The molecule has 5 rings (SSSR count). The number of hydrogen-bond acceptors (Lipinski definition) is 5. The summed E-state index contributed by atoms with van der Waals surface area (Å²) in [5.74, 6) is 0.659. The number of pyridine rings is 2. The molecule has 7 nitrogen and oxygen atoms in total. The van der Waals surface area contributed by atoms with Crippen LogP contribution in [0.2, 0.25) is 0 Å². The number of carbonyl (C=O) groups is 1. The molecule has 2 amide bonds. The third-order valence-electron chi connectivity index (χ3n) is 5.60. The Bertz CT molecular complexity index is 1140. The number of amides is 2. The molecule has 0 unspecified atom stereocenters. The van der Waals surface area contributed by atoms with Gasteiger partial charge in [0.25, 0.3) is 0 Å². The fourth-order valence-electron chi connectivity index (χ4n) is 4.21. The molecular weight excluding hydrogens is 376 g/mol. The zero-order valence-electron chi connectivity index (χ0n) is 16.3. The number of hydrogen-bond donors (Lipinski definition) is 1. The van der Waals surface area contributed by atoms with Crippen molar-refractivity contribution in [1.82, 2.24) is 9.97 Å². The van der Waals surface area contributed by atoms with Crippen molar-refractivity contribution in [3.8, 4) is 17.3 Å². The van der Waals surface area contributed by atoms with E-state index in [-0.39, 0.29) is 12.1 Å². The van der Waals surface area contributed by atoms with Gasteiger partial charge in [0, 0.05) is 24.8 Å². The Morgan fingerprint density at radius 2 is 2.13 bits per heavy atom. The number of aromatic nitrogens is 2. The summed E-state index contributed by atoms with van der Waals surface area (Å²) in [5.41, 5.74) is 3.80. The topological polar surface area (TPSA) is 85.1 Å². The van der Waals surface area contributed by atoms with Crippen molar-refractivity contribution in [2.45, 2.75) is 18.9 Å². The van der Waals surface area contributed by atoms with Crippen molar-refractivity contribution in [2.24, 2.45) is 0 Å². The van der Waals surface area contributed by atoms with Crippen LogP contribution >= 0.6 is 0 Å². The second kappa shape index (κ2) is 7.48. The monoisotopic (exact) mass is 396 g/mol. The lowest BCUT2D eigenvalue weighted by Gasteiger charge is -2.45. The van der Waals surface area contributed by atoms with E-state index in [0.29, 0.717) is 17.1 Å². The van der Waals surface area contributed by atoms with Gasteiger partial charge in [-0.1, -0.05) is 12.1 Å². The third kappa shape index (κ3) is 3.22. The first kappa shape index (κ1) is 18.1. The van der Waals surface area contributed by atoms with Crippen molar-refractivity contribution in [3.05, 3.63) is 66.5 Å². The Morgan fingerprint density at radius 1 is 1.20 bits per heavy atom. The molecule has 2 aliphatic rings. The van der Waals surface area contributed by atoms with Gasteiger partial charge in [-0.15, -0.1) is 0 Å². The van der Waals surface area contributed by atoms with Crippen LogP contribution in [0.5, 0.6) is 0 Å². The van der Waals surface area contributed by atoms with Gasteiger partial charge in [-0.25, -0.2) is 9.78 Å². The summed E-state index contributed by atoms with van der Waals surface area (Å²) < 4.78 is 0. The molecule has 148 valence electrons. The number of nitrogens with zero attached hydrogens (tertiary/aromatic N) is 5. The van der Waals surface area contributed by atoms with Crippen molar-refractivity contribution in [1.29, 1.82) is 5.26 Å². The normalized spacial score (nSPS) is 17.1. The molecule has 1 saturated heterocycles. The minimum Gasteiger partial charge on any atom is -0.366 e. The summed E-state index contributed by atoms with van der Waals surface area (Å²) in [6, 6.07) is 17.0. The minimum atomic E-state index is -0.203. The van der Waals surface area contributed by atoms with Crippen LogP contribution in [0.3, 0.4) is 0 Å². The summed E-state index contributed by atoms with van der Waals surface area (Å²) in [6.45, 7) is 1.77. The molecule has 2 bridgehead atoms. The van der Waals surface area contributed by atoms with Crippen LogP contribution < -0.4 is 15.1 Å². The van der Waals surface area contributed by atoms with Gasteiger partial charge in [-0.3, -0.25) is 9.88 Å². The highest BCUT2D eigenvalue weighted by Gasteiger charge is 2.38. The second-order valence-electron chi connectivity index (χ2n) is 7.52. The summed E-state index contributed by atoms with van der Waals surface area (Å²) in [5, 5.41) is 12.2. The van der Waals surface area contributed by atoms with Gasteiger partial charge in [0.1, 0.15) is 0 Å². The number of fused-ring (bicyclic) bond motifs is 4. The highest BCUT2D eigenvalue weighted by molar-refractivity contribution is 6.04. The number of carbonyl (C=O) groups excluding carboxylic acids is 1. The number of benzene rings is 1. The number of nitrogens with one attached hydrogen (secondary N) is 1. The van der Waals surface area contributed by atoms with E-state index in [2.05, 4.69) is 21.3 Å². The molecule has 0 aliphatic carbocycles. The third-order valence-corrected chi connectivity index (χ3v) is 5.60. The zero-order valence-corrected chi connectivity index (χ0v) is 16.3. The minimum absolute atomic E-state index is 0.0658. The molecule has 0 saturated carbocycles. The highest BCUT2D eigenvalue weighted by Crippen LogP contribution is 2.39. The molecule has 1 atom stereocenters. The van der Waals surface area contributed by atoms with Crippen LogP contribution in [0.1, 0.15) is 18.4 Å². The predicted octanol–water partition coefficient (Wildman–Crippen LogP) is 4.04. The van der Waals surface area contributed by atoms with Crippen molar-refractivity contribution in [2.75, 3.05) is 28.2 Å². The van der Waals surface area contributed by atoms with E-state index in [9.17, 15) is 10.1 Å². The number of nitriles is 1. The maximum atomic E-state index is 13.3. The van der Waals surface area contributed by atoms with Crippen LogP contribution in [0.4, 0.5) is 22.0 Å². The molecule has 1 fully saturated rings. The van der Waals surface area contributed by atoms with E-state index in [0.717, 1.165) is 42.9 Å². The van der Waals surface area contributed by atoms with E-state index in [1.165, 1.54) is 0 Å². The lowest BCUT2D eigenvalue weighted by Crippen LogP contribution is -2.56. The second-order valence-corrected chi connectivity index (χ2v) is 7.52. The van der Waals surface area contributed by atoms with E-state index < -0.39 is 0 Å². The van der Waals surface area contributed by atoms with Crippen molar-refractivity contribution < 1.29 is 4.79 Å². The molecule has 0 radical (unpaired) electrons. The molecule has 2 aromatic heterocycles. The molecule has 1 N–H and O–H groups in total. The molecule has 3 aromatic rings. The molecule has 7 heteroatoms. The molecule has 1 aromatic carbocycles. The number of rotatable bonds is 2. The number of anilines is 3. The van der Waals surface area contributed by atoms with Gasteiger partial charge in [0.05, 0.1) is 40.9 Å². The smallest absolute Gasteiger partial charge is 0.327 e. The molecule has 0 spiro atoms. The van der Waals surface area contributed by atoms with E-state index in [1.54, 1.807) is 29.4 Å². The molecule has 2 aliphatic heterocycles. The molecule has 30 heavy (non-hydrogen) atoms. The fraction of sp³-hybridized carbons (Fsp3) is 0.217. The van der Waals surface area contributed by atoms with E-state index in [1.807, 2.05) is 36.4 Å². The van der Waals surface area contributed by atoms with Crippen LogP contribution in [0.15, 0.2) is 60.9 Å². The maximum absolute atomic E-state index is 13.3. The fourth-order valence-corrected chi connectivity index (χ4v) is 4.21. The predicted molar refractivity (Wildman–Crippen MR) is 115 cm³/mol. The Hall–Kier alpha value is -3.92. The van der Waals surface area contributed by atoms with Gasteiger partial charge >= 0.3 is 6.03 Å². The Morgan fingerprint density at radius 3 is 2.97 bits per heavy atom. The average molecular weight is 396 g/mol. The van der Waals surface area contributed by atoms with Crippen molar-refractivity contribution >= 4 is 23.2 Å². The summed E-state index contributed by atoms with van der Waals surface area (Å²) in [4.78, 5) is 26.3. The standard InChI is InChI=1S/C23H20N6O/c24-13-16-4-1-5-17(12-16)20-8-9-21-22(27-20)29(19-7-3-11-28(21)15-19)23(30)26-18-6-2-10-25-14-18/h1-2,4-6,8-10,12,14,19H,3,7,11,15H2,(H,26,30)/t19-/m0/s1. The van der Waals surface area contributed by atoms with Gasteiger partial charge in [-0.05, 0) is 49.2 Å². The molecule has 4 heterocycles. The quantitative estimate of drug-likeness (QED) is 0.707. The first-order chi connectivity index (χ1) is 14.7. The lowest BCUT2D eigenvalue weighted by atomic mass is 9.99. The summed E-state index contributed by atoms with van der Waals surface area (Å²) in [7, 11) is 0. The van der Waals surface area contributed by atoms with Gasteiger partial charge in [0.15, 0.2) is 5.82 Å². The zero-order chi connectivity index (χ0) is 20.5. The maximum Gasteiger partial charge on any atom is 0.327 e. The van der Waals surface area contributed by atoms with Gasteiger partial charge in [0.2, 0.25) is 0 Å².